The quantitative estimate of drug-likeness (QED) is 0.854. The first-order valence-electron chi connectivity index (χ1n) is 7.16. The molecule has 0 spiro atoms. The second-order valence-electron chi connectivity index (χ2n) is 6.12. The van der Waals surface area contributed by atoms with E-state index in [9.17, 15) is 14.4 Å². The van der Waals surface area contributed by atoms with Crippen molar-refractivity contribution in [1.29, 1.82) is 0 Å². The second kappa shape index (κ2) is 6.62. The summed E-state index contributed by atoms with van der Waals surface area (Å²) >= 11 is 1.43. The second-order valence-corrected chi connectivity index (χ2v) is 7.51. The van der Waals surface area contributed by atoms with E-state index in [0.717, 1.165) is 4.90 Å². The molecule has 0 aliphatic carbocycles. The van der Waals surface area contributed by atoms with E-state index in [1.807, 2.05) is 6.92 Å². The average molecular weight is 337 g/mol. The number of esters is 2. The zero-order chi connectivity index (χ0) is 17.2. The molecule has 6 nitrogen and oxygen atoms in total. The third kappa shape index (κ3) is 4.72. The van der Waals surface area contributed by atoms with Gasteiger partial charge in [-0.15, -0.1) is 11.8 Å². The summed E-state index contributed by atoms with van der Waals surface area (Å²) in [5.74, 6) is -1.36. The highest BCUT2D eigenvalue weighted by atomic mass is 32.2. The van der Waals surface area contributed by atoms with E-state index in [2.05, 4.69) is 5.32 Å². The lowest BCUT2D eigenvalue weighted by atomic mass is 10.2. The van der Waals surface area contributed by atoms with Gasteiger partial charge in [0, 0.05) is 4.90 Å². The molecule has 1 atom stereocenters. The number of rotatable bonds is 3. The molecule has 1 aliphatic rings. The molecule has 1 aromatic rings. The van der Waals surface area contributed by atoms with Gasteiger partial charge in [-0.25, -0.2) is 9.59 Å². The lowest BCUT2D eigenvalue weighted by Gasteiger charge is -2.21. The van der Waals surface area contributed by atoms with E-state index in [-0.39, 0.29) is 16.7 Å². The number of nitrogens with one attached hydrogen (secondary N) is 1. The highest BCUT2D eigenvalue weighted by Crippen LogP contribution is 2.35. The van der Waals surface area contributed by atoms with Gasteiger partial charge in [0.05, 0.1) is 16.5 Å². The Morgan fingerprint density at radius 2 is 2.00 bits per heavy atom. The molecular weight excluding hydrogens is 318 g/mol. The number of thioether (sulfide) groups is 1. The van der Waals surface area contributed by atoms with E-state index in [0.29, 0.717) is 5.69 Å². The minimum atomic E-state index is -0.642. The van der Waals surface area contributed by atoms with E-state index in [1.54, 1.807) is 39.0 Å². The summed E-state index contributed by atoms with van der Waals surface area (Å²) in [5.41, 5.74) is 0.209. The summed E-state index contributed by atoms with van der Waals surface area (Å²) in [5, 5.41) is 2.57. The third-order valence-corrected chi connectivity index (χ3v) is 4.06. The molecule has 23 heavy (non-hydrogen) atoms. The fraction of sp³-hybridized carbons (Fsp3) is 0.438. The first-order valence-corrected chi connectivity index (χ1v) is 8.04. The molecule has 0 aromatic heterocycles. The van der Waals surface area contributed by atoms with Crippen LogP contribution >= 0.6 is 11.8 Å². The zero-order valence-electron chi connectivity index (χ0n) is 13.5. The molecule has 1 N–H and O–H groups in total. The molecule has 1 amide bonds. The largest absolute Gasteiger partial charge is 0.457 e. The molecular formula is C16H19NO5S. The molecule has 0 saturated carbocycles. The van der Waals surface area contributed by atoms with Crippen LogP contribution < -0.4 is 5.32 Å². The number of carbonyl (C=O) groups excluding carboxylic acids is 3. The van der Waals surface area contributed by atoms with Crippen LogP contribution in [0.2, 0.25) is 0 Å². The number of fused-ring (bicyclic) bond motifs is 1. The van der Waals surface area contributed by atoms with Crippen molar-refractivity contribution in [3.8, 4) is 0 Å². The van der Waals surface area contributed by atoms with Crippen molar-refractivity contribution in [2.75, 3.05) is 11.9 Å². The minimum absolute atomic E-state index is 0.109. The molecule has 1 heterocycles. The Morgan fingerprint density at radius 1 is 1.30 bits per heavy atom. The third-order valence-electron chi connectivity index (χ3n) is 2.89. The van der Waals surface area contributed by atoms with Crippen molar-refractivity contribution in [2.24, 2.45) is 0 Å². The van der Waals surface area contributed by atoms with Crippen molar-refractivity contribution < 1.29 is 23.9 Å². The molecule has 1 aromatic carbocycles. The van der Waals surface area contributed by atoms with Crippen molar-refractivity contribution in [1.82, 2.24) is 0 Å². The van der Waals surface area contributed by atoms with Crippen LogP contribution in [-0.2, 0) is 19.1 Å². The van der Waals surface area contributed by atoms with Crippen LogP contribution in [0.25, 0.3) is 0 Å². The Morgan fingerprint density at radius 3 is 2.65 bits per heavy atom. The maximum absolute atomic E-state index is 12.0. The molecule has 124 valence electrons. The van der Waals surface area contributed by atoms with Crippen LogP contribution in [0.3, 0.4) is 0 Å². The number of ether oxygens (including phenoxy) is 2. The van der Waals surface area contributed by atoms with Crippen molar-refractivity contribution in [3.63, 3.8) is 0 Å². The summed E-state index contributed by atoms with van der Waals surface area (Å²) in [7, 11) is 0. The summed E-state index contributed by atoms with van der Waals surface area (Å²) < 4.78 is 10.0. The Hall–Kier alpha value is -2.02. The molecule has 0 bridgehead atoms. The van der Waals surface area contributed by atoms with Gasteiger partial charge < -0.3 is 14.8 Å². The SMILES string of the molecule is CC1Sc2ccc(C(=O)OCC(=O)OC(C)(C)C)cc2NC1=O. The zero-order valence-corrected chi connectivity index (χ0v) is 14.3. The first-order chi connectivity index (χ1) is 10.7. The van der Waals surface area contributed by atoms with Crippen LogP contribution in [0.15, 0.2) is 23.1 Å². The van der Waals surface area contributed by atoms with E-state index in [4.69, 9.17) is 9.47 Å². The van der Waals surface area contributed by atoms with Crippen LogP contribution in [0.1, 0.15) is 38.1 Å². The van der Waals surface area contributed by atoms with Gasteiger partial charge in [0.15, 0.2) is 6.61 Å². The fourth-order valence-corrected chi connectivity index (χ4v) is 2.84. The number of amides is 1. The Labute approximate surface area is 138 Å². The molecule has 0 fully saturated rings. The number of carbonyl (C=O) groups is 3. The maximum Gasteiger partial charge on any atom is 0.344 e. The lowest BCUT2D eigenvalue weighted by molar-refractivity contribution is -0.158. The number of hydrogen-bond donors (Lipinski definition) is 1. The summed E-state index contributed by atoms with van der Waals surface area (Å²) in [6.45, 7) is 6.56. The molecule has 1 unspecified atom stereocenters. The summed E-state index contributed by atoms with van der Waals surface area (Å²) in [6.07, 6.45) is 0. The maximum atomic E-state index is 12.0. The van der Waals surface area contributed by atoms with Gasteiger partial charge in [-0.05, 0) is 45.9 Å². The molecule has 0 saturated heterocycles. The summed E-state index contributed by atoms with van der Waals surface area (Å²) in [4.78, 5) is 36.1. The van der Waals surface area contributed by atoms with Crippen molar-refractivity contribution in [2.45, 2.75) is 43.4 Å². The normalized spacial score (nSPS) is 17.0. The van der Waals surface area contributed by atoms with Crippen LogP contribution in [0.4, 0.5) is 5.69 Å². The fourth-order valence-electron chi connectivity index (χ4n) is 1.91. The van der Waals surface area contributed by atoms with E-state index < -0.39 is 24.1 Å². The van der Waals surface area contributed by atoms with Gasteiger partial charge in [0.25, 0.3) is 0 Å². The predicted octanol–water partition coefficient (Wildman–Crippen LogP) is 2.62. The van der Waals surface area contributed by atoms with E-state index >= 15 is 0 Å². The number of anilines is 1. The van der Waals surface area contributed by atoms with Gasteiger partial charge in [0.2, 0.25) is 5.91 Å². The Balaban J connectivity index is 2.00. The molecule has 2 rings (SSSR count). The minimum Gasteiger partial charge on any atom is -0.457 e. The highest BCUT2D eigenvalue weighted by molar-refractivity contribution is 8.00. The average Bonchev–Trinajstić information content (AvgIpc) is 2.43. The van der Waals surface area contributed by atoms with Gasteiger partial charge in [0.1, 0.15) is 5.60 Å². The van der Waals surface area contributed by atoms with Crippen molar-refractivity contribution in [3.05, 3.63) is 23.8 Å². The van der Waals surface area contributed by atoms with Gasteiger partial charge >= 0.3 is 11.9 Å². The summed E-state index contributed by atoms with van der Waals surface area (Å²) in [6, 6.07) is 4.90. The Bertz CT molecular complexity index is 650. The van der Waals surface area contributed by atoms with E-state index in [1.165, 1.54) is 11.8 Å². The topological polar surface area (TPSA) is 81.7 Å². The van der Waals surface area contributed by atoms with Crippen LogP contribution in [0.5, 0.6) is 0 Å². The van der Waals surface area contributed by atoms with Gasteiger partial charge in [-0.1, -0.05) is 0 Å². The molecule has 0 radical (unpaired) electrons. The smallest absolute Gasteiger partial charge is 0.344 e. The van der Waals surface area contributed by atoms with Crippen molar-refractivity contribution >= 4 is 35.3 Å². The monoisotopic (exact) mass is 337 g/mol. The van der Waals surface area contributed by atoms with Gasteiger partial charge in [-0.3, -0.25) is 4.79 Å². The lowest BCUT2D eigenvalue weighted by Crippen LogP contribution is -2.28. The van der Waals surface area contributed by atoms with Crippen LogP contribution in [0, 0.1) is 0 Å². The predicted molar refractivity (Wildman–Crippen MR) is 86.5 cm³/mol. The molecule has 7 heteroatoms. The first kappa shape index (κ1) is 17.3. The number of hydrogen-bond acceptors (Lipinski definition) is 6. The highest BCUT2D eigenvalue weighted by Gasteiger charge is 2.24. The van der Waals surface area contributed by atoms with Gasteiger partial charge in [-0.2, -0.15) is 0 Å². The standard InChI is InChI=1S/C16H19NO5S/c1-9-14(19)17-11-7-10(5-6-12(11)23-9)15(20)21-8-13(18)22-16(2,3)4/h5-7,9H,8H2,1-4H3,(H,17,19). The number of benzene rings is 1. The Kier molecular flexibility index (Phi) is 4.99. The van der Waals surface area contributed by atoms with Crippen LogP contribution in [-0.4, -0.2) is 35.3 Å². The molecule has 1 aliphatic heterocycles.